The number of hydrogen-bond acceptors (Lipinski definition) is 2. The maximum atomic E-state index is 11.8. The number of rotatable bonds is 7. The van der Waals surface area contributed by atoms with Crippen molar-refractivity contribution in [3.8, 4) is 0 Å². The van der Waals surface area contributed by atoms with Crippen molar-refractivity contribution in [2.75, 3.05) is 27.2 Å². The molecule has 0 saturated heterocycles. The van der Waals surface area contributed by atoms with E-state index in [1.54, 1.807) is 19.0 Å². The molecule has 1 unspecified atom stereocenters. The van der Waals surface area contributed by atoms with E-state index in [0.717, 1.165) is 19.4 Å². The summed E-state index contributed by atoms with van der Waals surface area (Å²) in [5.41, 5.74) is 3.69. The molecule has 2 aromatic rings. The molecule has 6 heteroatoms. The lowest BCUT2D eigenvalue weighted by molar-refractivity contribution is -0.127. The van der Waals surface area contributed by atoms with Gasteiger partial charge < -0.3 is 20.5 Å². The second-order valence-corrected chi connectivity index (χ2v) is 6.86. The van der Waals surface area contributed by atoms with E-state index in [2.05, 4.69) is 59.6 Å². The summed E-state index contributed by atoms with van der Waals surface area (Å²) in [6.45, 7) is 7.23. The zero-order chi connectivity index (χ0) is 19.1. The van der Waals surface area contributed by atoms with Gasteiger partial charge in [0.15, 0.2) is 5.96 Å². The number of carbonyl (C=O) groups is 1. The molecule has 3 N–H and O–H groups in total. The molecule has 6 nitrogen and oxygen atoms in total. The Morgan fingerprint density at radius 1 is 1.31 bits per heavy atom. The Morgan fingerprint density at radius 2 is 2.04 bits per heavy atom. The lowest BCUT2D eigenvalue weighted by atomic mass is 10.1. The van der Waals surface area contributed by atoms with Crippen LogP contribution in [0.4, 0.5) is 0 Å². The van der Waals surface area contributed by atoms with Crippen LogP contribution in [0.3, 0.4) is 0 Å². The molecule has 0 fully saturated rings. The number of nitrogens with zero attached hydrogens (tertiary/aromatic N) is 2. The van der Waals surface area contributed by atoms with Gasteiger partial charge in [0.05, 0.1) is 0 Å². The minimum Gasteiger partial charge on any atom is -0.358 e. The Hall–Kier alpha value is -2.50. The Labute approximate surface area is 156 Å². The molecule has 2 rings (SSSR count). The van der Waals surface area contributed by atoms with E-state index in [-0.39, 0.29) is 12.5 Å². The summed E-state index contributed by atoms with van der Waals surface area (Å²) in [5, 5.41) is 7.98. The Morgan fingerprint density at radius 3 is 2.73 bits per heavy atom. The maximum Gasteiger partial charge on any atom is 0.243 e. The first-order valence-electron chi connectivity index (χ1n) is 9.23. The van der Waals surface area contributed by atoms with Gasteiger partial charge in [-0.1, -0.05) is 25.1 Å². The number of benzene rings is 1. The molecule has 1 aromatic heterocycles. The summed E-state index contributed by atoms with van der Waals surface area (Å²) in [5.74, 6) is 0.676. The third-order valence-electron chi connectivity index (χ3n) is 4.56. The predicted molar refractivity (Wildman–Crippen MR) is 109 cm³/mol. The molecule has 1 amide bonds. The van der Waals surface area contributed by atoms with Gasteiger partial charge in [-0.25, -0.2) is 4.99 Å². The lowest BCUT2D eigenvalue weighted by Gasteiger charge is -2.17. The van der Waals surface area contributed by atoms with Crippen LogP contribution in [0.15, 0.2) is 29.3 Å². The number of fused-ring (bicyclic) bond motifs is 1. The normalized spacial score (nSPS) is 12.9. The van der Waals surface area contributed by atoms with Crippen LogP contribution in [0.25, 0.3) is 10.9 Å². The SMILES string of the molecule is CCC(C)NC(=NCC(=O)N(C)C)NCCc1c(C)[nH]c2ccccc12. The largest absolute Gasteiger partial charge is 0.358 e. The summed E-state index contributed by atoms with van der Waals surface area (Å²) in [7, 11) is 3.49. The van der Waals surface area contributed by atoms with Crippen molar-refractivity contribution in [1.82, 2.24) is 20.5 Å². The molecule has 0 aliphatic heterocycles. The first kappa shape index (κ1) is 19.8. The van der Waals surface area contributed by atoms with Crippen molar-refractivity contribution in [1.29, 1.82) is 0 Å². The van der Waals surface area contributed by atoms with Crippen molar-refractivity contribution < 1.29 is 4.79 Å². The zero-order valence-electron chi connectivity index (χ0n) is 16.5. The van der Waals surface area contributed by atoms with Crippen molar-refractivity contribution in [2.45, 2.75) is 39.7 Å². The van der Waals surface area contributed by atoms with Crippen LogP contribution in [-0.2, 0) is 11.2 Å². The van der Waals surface area contributed by atoms with E-state index >= 15 is 0 Å². The number of likely N-dealkylation sites (N-methyl/N-ethyl adjacent to an activating group) is 1. The number of aromatic amines is 1. The molecule has 1 heterocycles. The van der Waals surface area contributed by atoms with Crippen LogP contribution in [0.1, 0.15) is 31.5 Å². The second kappa shape index (κ2) is 9.27. The van der Waals surface area contributed by atoms with E-state index < -0.39 is 0 Å². The third-order valence-corrected chi connectivity index (χ3v) is 4.56. The van der Waals surface area contributed by atoms with Gasteiger partial charge in [0.1, 0.15) is 6.54 Å². The monoisotopic (exact) mass is 357 g/mol. The number of para-hydroxylation sites is 1. The van der Waals surface area contributed by atoms with Gasteiger partial charge in [-0.2, -0.15) is 0 Å². The van der Waals surface area contributed by atoms with Gasteiger partial charge in [0, 0.05) is 43.3 Å². The summed E-state index contributed by atoms with van der Waals surface area (Å²) >= 11 is 0. The minimum atomic E-state index is -0.0114. The molecule has 1 aromatic carbocycles. The molecule has 0 spiro atoms. The van der Waals surface area contributed by atoms with Crippen LogP contribution in [0.5, 0.6) is 0 Å². The fourth-order valence-corrected chi connectivity index (χ4v) is 2.74. The highest BCUT2D eigenvalue weighted by atomic mass is 16.2. The topological polar surface area (TPSA) is 72.5 Å². The quantitative estimate of drug-likeness (QED) is 0.526. The molecule has 1 atom stereocenters. The van der Waals surface area contributed by atoms with E-state index in [4.69, 9.17) is 0 Å². The van der Waals surface area contributed by atoms with Gasteiger partial charge >= 0.3 is 0 Å². The maximum absolute atomic E-state index is 11.8. The summed E-state index contributed by atoms with van der Waals surface area (Å²) in [4.78, 5) is 21.2. The Kier molecular flexibility index (Phi) is 7.06. The van der Waals surface area contributed by atoms with Crippen LogP contribution in [0, 0.1) is 6.92 Å². The van der Waals surface area contributed by atoms with Crippen molar-refractivity contribution in [2.24, 2.45) is 4.99 Å². The molecule has 26 heavy (non-hydrogen) atoms. The molecule has 142 valence electrons. The summed E-state index contributed by atoms with van der Waals surface area (Å²) in [6, 6.07) is 8.66. The summed E-state index contributed by atoms with van der Waals surface area (Å²) in [6.07, 6.45) is 1.88. The average molecular weight is 358 g/mol. The Bertz CT molecular complexity index is 763. The number of H-pyrrole nitrogens is 1. The first-order chi connectivity index (χ1) is 12.4. The van der Waals surface area contributed by atoms with Gasteiger partial charge in [-0.05, 0) is 38.3 Å². The highest BCUT2D eigenvalue weighted by molar-refractivity contribution is 5.86. The highest BCUT2D eigenvalue weighted by Gasteiger charge is 2.10. The number of nitrogens with one attached hydrogen (secondary N) is 3. The van der Waals surface area contributed by atoms with Crippen molar-refractivity contribution in [3.05, 3.63) is 35.5 Å². The molecular weight excluding hydrogens is 326 g/mol. The average Bonchev–Trinajstić information content (AvgIpc) is 2.94. The van der Waals surface area contributed by atoms with E-state index in [9.17, 15) is 4.79 Å². The molecule has 0 radical (unpaired) electrons. The number of amides is 1. The van der Waals surface area contributed by atoms with E-state index in [0.29, 0.717) is 12.0 Å². The number of guanidine groups is 1. The Balaban J connectivity index is 2.02. The van der Waals surface area contributed by atoms with E-state index in [1.807, 2.05) is 6.07 Å². The van der Waals surface area contributed by atoms with Crippen LogP contribution < -0.4 is 10.6 Å². The first-order valence-corrected chi connectivity index (χ1v) is 9.23. The van der Waals surface area contributed by atoms with Crippen LogP contribution in [-0.4, -0.2) is 55.0 Å². The smallest absolute Gasteiger partial charge is 0.243 e. The summed E-state index contributed by atoms with van der Waals surface area (Å²) < 4.78 is 0. The van der Waals surface area contributed by atoms with Crippen molar-refractivity contribution >= 4 is 22.8 Å². The fraction of sp³-hybridized carbons (Fsp3) is 0.500. The molecule has 0 aliphatic carbocycles. The van der Waals surface area contributed by atoms with Gasteiger partial charge in [-0.3, -0.25) is 4.79 Å². The lowest BCUT2D eigenvalue weighted by Crippen LogP contribution is -2.43. The molecular formula is C20H31N5O. The molecule has 0 bridgehead atoms. The van der Waals surface area contributed by atoms with Gasteiger partial charge in [-0.15, -0.1) is 0 Å². The molecule has 0 saturated carbocycles. The number of carbonyl (C=O) groups excluding carboxylic acids is 1. The van der Waals surface area contributed by atoms with E-state index in [1.165, 1.54) is 22.2 Å². The highest BCUT2D eigenvalue weighted by Crippen LogP contribution is 2.21. The second-order valence-electron chi connectivity index (χ2n) is 6.86. The van der Waals surface area contributed by atoms with Crippen molar-refractivity contribution in [3.63, 3.8) is 0 Å². The fourth-order valence-electron chi connectivity index (χ4n) is 2.74. The standard InChI is InChI=1S/C20H31N5O/c1-6-14(2)23-20(22-13-19(26)25(4)5)21-12-11-16-15(3)24-18-10-8-7-9-17(16)18/h7-10,14,24H,6,11-13H2,1-5H3,(H2,21,22,23). The number of aliphatic imine (C=N–C) groups is 1. The number of aromatic nitrogens is 1. The van der Waals surface area contributed by atoms with Gasteiger partial charge in [0.2, 0.25) is 5.91 Å². The number of aryl methyl sites for hydroxylation is 1. The zero-order valence-corrected chi connectivity index (χ0v) is 16.5. The predicted octanol–water partition coefficient (Wildman–Crippen LogP) is 2.44. The van der Waals surface area contributed by atoms with Crippen LogP contribution >= 0.6 is 0 Å². The van der Waals surface area contributed by atoms with Gasteiger partial charge in [0.25, 0.3) is 0 Å². The van der Waals surface area contributed by atoms with Crippen LogP contribution in [0.2, 0.25) is 0 Å². The molecule has 0 aliphatic rings. The minimum absolute atomic E-state index is 0.0114. The third kappa shape index (κ3) is 5.25. The number of hydrogen-bond donors (Lipinski definition) is 3.